The van der Waals surface area contributed by atoms with E-state index in [1.165, 1.54) is 0 Å². The van der Waals surface area contributed by atoms with Crippen LogP contribution in [0.2, 0.25) is 0 Å². The molecule has 1 aromatic rings. The van der Waals surface area contributed by atoms with E-state index in [2.05, 4.69) is 26.5 Å². The van der Waals surface area contributed by atoms with Crippen LogP contribution in [0.15, 0.2) is 23.3 Å². The number of pyridine rings is 1. The van der Waals surface area contributed by atoms with E-state index < -0.39 is 0 Å². The highest BCUT2D eigenvalue weighted by molar-refractivity contribution is 5.80. The maximum atomic E-state index is 5.57. The van der Waals surface area contributed by atoms with Crippen LogP contribution in [0.5, 0.6) is 5.88 Å². The second-order valence-corrected chi connectivity index (χ2v) is 4.06. The second-order valence-electron chi connectivity index (χ2n) is 4.06. The van der Waals surface area contributed by atoms with Gasteiger partial charge in [0.05, 0.1) is 19.7 Å². The summed E-state index contributed by atoms with van der Waals surface area (Å²) in [7, 11) is 1.63. The Morgan fingerprint density at radius 2 is 2.29 bits per heavy atom. The first-order valence-electron chi connectivity index (χ1n) is 6.83. The summed E-state index contributed by atoms with van der Waals surface area (Å²) in [5.41, 5.74) is 0.909. The molecule has 1 heterocycles. The number of guanidine groups is 1. The highest BCUT2D eigenvalue weighted by Crippen LogP contribution is 2.15. The van der Waals surface area contributed by atoms with Gasteiger partial charge in [-0.05, 0) is 13.0 Å². The maximum Gasteiger partial charge on any atom is 0.218 e. The summed E-state index contributed by atoms with van der Waals surface area (Å²) >= 11 is 0. The zero-order chi connectivity index (χ0) is 15.3. The molecule has 0 aromatic carbocycles. The molecule has 6 heteroatoms. The van der Waals surface area contributed by atoms with Crippen molar-refractivity contribution in [3.8, 4) is 18.2 Å². The molecule has 0 spiro atoms. The minimum atomic E-state index is 0.427. The molecule has 0 amide bonds. The molecular weight excluding hydrogens is 268 g/mol. The summed E-state index contributed by atoms with van der Waals surface area (Å²) in [4.78, 5) is 8.67. The number of aliphatic imine (C=N–C) groups is 1. The number of methoxy groups -OCH3 is 1. The highest BCUT2D eigenvalue weighted by atomic mass is 16.5. The fourth-order valence-electron chi connectivity index (χ4n) is 1.54. The Morgan fingerprint density at radius 1 is 1.43 bits per heavy atom. The van der Waals surface area contributed by atoms with Crippen molar-refractivity contribution in [1.82, 2.24) is 15.6 Å². The number of rotatable bonds is 8. The molecule has 0 aliphatic heterocycles. The van der Waals surface area contributed by atoms with E-state index in [0.29, 0.717) is 38.1 Å². The van der Waals surface area contributed by atoms with Crippen LogP contribution in [0.25, 0.3) is 0 Å². The van der Waals surface area contributed by atoms with Gasteiger partial charge in [0.15, 0.2) is 5.96 Å². The Kier molecular flexibility index (Phi) is 8.41. The Labute approximate surface area is 126 Å². The van der Waals surface area contributed by atoms with Gasteiger partial charge in [0.25, 0.3) is 0 Å². The molecule has 21 heavy (non-hydrogen) atoms. The van der Waals surface area contributed by atoms with Crippen LogP contribution in [0.1, 0.15) is 12.5 Å². The van der Waals surface area contributed by atoms with Crippen LogP contribution in [0.4, 0.5) is 0 Å². The van der Waals surface area contributed by atoms with Gasteiger partial charge in [0, 0.05) is 25.4 Å². The Hall–Kier alpha value is -2.26. The van der Waals surface area contributed by atoms with E-state index in [4.69, 9.17) is 15.9 Å². The standard InChI is InChI=1S/C15H22N4O2/c1-4-8-18-15(16-5-2)19-12-13-7-6-9-17-14(13)21-11-10-20-3/h1,6-7,9H,5,8,10-12H2,2-3H3,(H2,16,18,19). The maximum absolute atomic E-state index is 5.57. The largest absolute Gasteiger partial charge is 0.475 e. The van der Waals surface area contributed by atoms with E-state index in [1.54, 1.807) is 13.3 Å². The lowest BCUT2D eigenvalue weighted by molar-refractivity contribution is 0.143. The molecule has 114 valence electrons. The van der Waals surface area contributed by atoms with Gasteiger partial charge in [0.2, 0.25) is 5.88 Å². The third-order valence-corrected chi connectivity index (χ3v) is 2.49. The molecule has 0 unspecified atom stereocenters. The number of nitrogens with one attached hydrogen (secondary N) is 2. The van der Waals surface area contributed by atoms with Gasteiger partial charge in [-0.2, -0.15) is 0 Å². The van der Waals surface area contributed by atoms with Crippen LogP contribution in [0, 0.1) is 12.3 Å². The van der Waals surface area contributed by atoms with Gasteiger partial charge >= 0.3 is 0 Å². The van der Waals surface area contributed by atoms with Gasteiger partial charge in [0.1, 0.15) is 6.61 Å². The first-order valence-corrected chi connectivity index (χ1v) is 6.83. The molecule has 0 radical (unpaired) electrons. The van der Waals surface area contributed by atoms with Crippen molar-refractivity contribution in [1.29, 1.82) is 0 Å². The molecule has 2 N–H and O–H groups in total. The van der Waals surface area contributed by atoms with Gasteiger partial charge in [-0.15, -0.1) is 6.42 Å². The van der Waals surface area contributed by atoms with Gasteiger partial charge in [-0.3, -0.25) is 0 Å². The molecule has 0 saturated heterocycles. The molecule has 0 bridgehead atoms. The Morgan fingerprint density at radius 3 is 3.00 bits per heavy atom. The van der Waals surface area contributed by atoms with Crippen LogP contribution in [-0.2, 0) is 11.3 Å². The summed E-state index contributed by atoms with van der Waals surface area (Å²) in [6.07, 6.45) is 6.93. The van der Waals surface area contributed by atoms with Crippen LogP contribution in [0.3, 0.4) is 0 Å². The van der Waals surface area contributed by atoms with Crippen molar-refractivity contribution in [2.45, 2.75) is 13.5 Å². The summed E-state index contributed by atoms with van der Waals surface area (Å²) in [5.74, 6) is 3.76. The van der Waals surface area contributed by atoms with Gasteiger partial charge in [-0.25, -0.2) is 9.98 Å². The molecule has 0 fully saturated rings. The molecule has 0 aliphatic rings. The van der Waals surface area contributed by atoms with Crippen LogP contribution in [-0.4, -0.2) is 44.4 Å². The quantitative estimate of drug-likeness (QED) is 0.321. The van der Waals surface area contributed by atoms with Crippen molar-refractivity contribution in [3.63, 3.8) is 0 Å². The van der Waals surface area contributed by atoms with Crippen molar-refractivity contribution in [2.24, 2.45) is 4.99 Å². The van der Waals surface area contributed by atoms with Crippen molar-refractivity contribution < 1.29 is 9.47 Å². The van der Waals surface area contributed by atoms with Crippen molar-refractivity contribution in [2.75, 3.05) is 33.4 Å². The van der Waals surface area contributed by atoms with Gasteiger partial charge < -0.3 is 20.1 Å². The normalized spacial score (nSPS) is 10.8. The molecule has 6 nitrogen and oxygen atoms in total. The van der Waals surface area contributed by atoms with E-state index in [0.717, 1.165) is 12.1 Å². The fourth-order valence-corrected chi connectivity index (χ4v) is 1.54. The van der Waals surface area contributed by atoms with E-state index in [9.17, 15) is 0 Å². The average molecular weight is 290 g/mol. The van der Waals surface area contributed by atoms with Crippen LogP contribution < -0.4 is 15.4 Å². The summed E-state index contributed by atoms with van der Waals surface area (Å²) < 4.78 is 10.5. The fraction of sp³-hybridized carbons (Fsp3) is 0.467. The lowest BCUT2D eigenvalue weighted by Crippen LogP contribution is -2.37. The van der Waals surface area contributed by atoms with Crippen molar-refractivity contribution in [3.05, 3.63) is 23.9 Å². The summed E-state index contributed by atoms with van der Waals surface area (Å²) in [5, 5.41) is 6.16. The van der Waals surface area contributed by atoms with Crippen molar-refractivity contribution >= 4 is 5.96 Å². The monoisotopic (exact) mass is 290 g/mol. The zero-order valence-electron chi connectivity index (χ0n) is 12.6. The average Bonchev–Trinajstić information content (AvgIpc) is 2.51. The first kappa shape index (κ1) is 16.8. The number of nitrogens with zero attached hydrogens (tertiary/aromatic N) is 2. The topological polar surface area (TPSA) is 67.8 Å². The predicted molar refractivity (Wildman–Crippen MR) is 83.3 cm³/mol. The summed E-state index contributed by atoms with van der Waals surface area (Å²) in [6.45, 7) is 4.62. The van der Waals surface area contributed by atoms with E-state index in [1.807, 2.05) is 19.1 Å². The lowest BCUT2D eigenvalue weighted by atomic mass is 10.3. The smallest absolute Gasteiger partial charge is 0.218 e. The molecule has 1 rings (SSSR count). The third-order valence-electron chi connectivity index (χ3n) is 2.49. The highest BCUT2D eigenvalue weighted by Gasteiger charge is 2.04. The van der Waals surface area contributed by atoms with Gasteiger partial charge in [-0.1, -0.05) is 12.0 Å². The molecule has 1 aromatic heterocycles. The SMILES string of the molecule is C#CCNC(=NCc1cccnc1OCCOC)NCC. The van der Waals surface area contributed by atoms with E-state index in [-0.39, 0.29) is 0 Å². The van der Waals surface area contributed by atoms with Crippen LogP contribution >= 0.6 is 0 Å². The predicted octanol–water partition coefficient (Wildman–Crippen LogP) is 0.795. The molecule has 0 atom stereocenters. The number of hydrogen-bond acceptors (Lipinski definition) is 4. The molecule has 0 aliphatic carbocycles. The molecule has 0 saturated carbocycles. The number of aromatic nitrogens is 1. The Balaban J connectivity index is 2.69. The third kappa shape index (κ3) is 6.63. The lowest BCUT2D eigenvalue weighted by Gasteiger charge is -2.11. The number of hydrogen-bond donors (Lipinski definition) is 2. The number of ether oxygens (including phenoxy) is 2. The second kappa shape index (κ2) is 10.5. The molecular formula is C15H22N4O2. The Bertz CT molecular complexity index is 483. The summed E-state index contributed by atoms with van der Waals surface area (Å²) in [6, 6.07) is 3.79. The van der Waals surface area contributed by atoms with E-state index >= 15 is 0 Å². The zero-order valence-corrected chi connectivity index (χ0v) is 12.6. The minimum Gasteiger partial charge on any atom is -0.475 e. The first-order chi connectivity index (χ1) is 10.3. The minimum absolute atomic E-state index is 0.427. The number of terminal acetylenes is 1.